The minimum atomic E-state index is -0.892. The first-order valence-electron chi connectivity index (χ1n) is 12.5. The molecule has 3 saturated heterocycles. The molecule has 0 N–H and O–H groups in total. The van der Waals surface area contributed by atoms with E-state index in [9.17, 15) is 14.9 Å². The molecule has 0 saturated carbocycles. The van der Waals surface area contributed by atoms with Crippen LogP contribution in [0.2, 0.25) is 0 Å². The van der Waals surface area contributed by atoms with Gasteiger partial charge < -0.3 is 14.4 Å². The zero-order chi connectivity index (χ0) is 27.1. The van der Waals surface area contributed by atoms with E-state index in [1.807, 2.05) is 0 Å². The Hall–Kier alpha value is -3.34. The molecule has 0 aliphatic carbocycles. The van der Waals surface area contributed by atoms with Gasteiger partial charge in [0.2, 0.25) is 5.82 Å². The summed E-state index contributed by atoms with van der Waals surface area (Å²) in [5.41, 5.74) is -0.293. The Balaban J connectivity index is 1.77. The number of hydrogen-bond donors (Lipinski definition) is 0. The Bertz CT molecular complexity index is 1210. The van der Waals surface area contributed by atoms with Crippen molar-refractivity contribution in [1.82, 2.24) is 14.9 Å². The molecule has 0 spiro atoms. The summed E-state index contributed by atoms with van der Waals surface area (Å²) in [4.78, 5) is 36.2. The zero-order valence-electron chi connectivity index (χ0n) is 22.2. The lowest BCUT2D eigenvalue weighted by Gasteiger charge is -2.45. The van der Waals surface area contributed by atoms with E-state index in [2.05, 4.69) is 14.9 Å². The van der Waals surface area contributed by atoms with Gasteiger partial charge in [-0.3, -0.25) is 15.0 Å². The Morgan fingerprint density at radius 2 is 1.92 bits per heavy atom. The molecule has 200 valence electrons. The molecule has 3 aliphatic rings. The van der Waals surface area contributed by atoms with Crippen molar-refractivity contribution < 1.29 is 23.6 Å². The number of carbonyl (C=O) groups is 1. The van der Waals surface area contributed by atoms with Crippen LogP contribution in [0, 0.1) is 35.7 Å². The van der Waals surface area contributed by atoms with Gasteiger partial charge in [-0.05, 0) is 78.6 Å². The van der Waals surface area contributed by atoms with Crippen LogP contribution in [0.4, 0.5) is 20.7 Å². The van der Waals surface area contributed by atoms with Crippen molar-refractivity contribution in [1.29, 1.82) is 0 Å². The summed E-state index contributed by atoms with van der Waals surface area (Å²) in [5.74, 6) is 0.634. The van der Waals surface area contributed by atoms with E-state index >= 15 is 4.39 Å². The number of hydrogen-bond acceptors (Lipinski definition) is 8. The maximum absolute atomic E-state index is 15.6. The number of amides is 1. The minimum Gasteiger partial charge on any atom is -0.496 e. The number of aryl methyl sites for hydroxylation is 2. The summed E-state index contributed by atoms with van der Waals surface area (Å²) in [6.07, 6.45) is 1.26. The molecule has 37 heavy (non-hydrogen) atoms. The Labute approximate surface area is 215 Å². The standard InChI is InChI=1S/C26H34FN5O5/c1-15-23(32(34)35)24(29-16(2)28-15)31(25(33)37-26(3,4)5)13-18-11-22(36-6)19(12-21(18)27)20-14-30-9-7-17(20)8-10-30/h11-12,17,20H,7-10,13-14H2,1-6H3. The normalized spacial score (nSPS) is 21.0. The van der Waals surface area contributed by atoms with Crippen LogP contribution in [0.3, 0.4) is 0 Å². The van der Waals surface area contributed by atoms with E-state index in [-0.39, 0.29) is 35.4 Å². The first-order valence-corrected chi connectivity index (χ1v) is 12.5. The van der Waals surface area contributed by atoms with Gasteiger partial charge in [0, 0.05) is 23.6 Å². The fraction of sp³-hybridized carbons (Fsp3) is 0.577. The van der Waals surface area contributed by atoms with Crippen molar-refractivity contribution in [3.05, 3.63) is 50.7 Å². The van der Waals surface area contributed by atoms with Crippen molar-refractivity contribution in [3.8, 4) is 5.75 Å². The molecule has 3 fully saturated rings. The molecule has 0 radical (unpaired) electrons. The smallest absolute Gasteiger partial charge is 0.416 e. The fourth-order valence-corrected chi connectivity index (χ4v) is 5.32. The van der Waals surface area contributed by atoms with E-state index < -0.39 is 28.1 Å². The average Bonchev–Trinajstić information content (AvgIpc) is 2.81. The topological polar surface area (TPSA) is 111 Å². The number of benzene rings is 1. The molecule has 5 rings (SSSR count). The van der Waals surface area contributed by atoms with Crippen molar-refractivity contribution in [2.24, 2.45) is 5.92 Å². The van der Waals surface area contributed by atoms with Crippen LogP contribution in [0.15, 0.2) is 12.1 Å². The number of aromatic nitrogens is 2. The van der Waals surface area contributed by atoms with Gasteiger partial charge in [-0.25, -0.2) is 19.2 Å². The lowest BCUT2D eigenvalue weighted by atomic mass is 9.75. The number of fused-ring (bicyclic) bond motifs is 3. The predicted molar refractivity (Wildman–Crippen MR) is 135 cm³/mol. The summed E-state index contributed by atoms with van der Waals surface area (Å²) < 4.78 is 26.9. The van der Waals surface area contributed by atoms with Crippen LogP contribution in [-0.4, -0.2) is 58.2 Å². The van der Waals surface area contributed by atoms with E-state index in [1.165, 1.54) is 20.1 Å². The molecule has 10 nitrogen and oxygen atoms in total. The minimum absolute atomic E-state index is 0.0943. The molecule has 1 amide bonds. The number of anilines is 1. The van der Waals surface area contributed by atoms with Gasteiger partial charge in [-0.2, -0.15) is 0 Å². The van der Waals surface area contributed by atoms with E-state index in [4.69, 9.17) is 9.47 Å². The van der Waals surface area contributed by atoms with Gasteiger partial charge in [-0.15, -0.1) is 0 Å². The van der Waals surface area contributed by atoms with E-state index in [0.717, 1.165) is 42.9 Å². The average molecular weight is 516 g/mol. The molecular weight excluding hydrogens is 481 g/mol. The summed E-state index contributed by atoms with van der Waals surface area (Å²) >= 11 is 0. The highest BCUT2D eigenvalue weighted by atomic mass is 19.1. The highest BCUT2D eigenvalue weighted by Gasteiger charge is 2.38. The number of nitrogens with zero attached hydrogens (tertiary/aromatic N) is 5. The number of methoxy groups -OCH3 is 1. The van der Waals surface area contributed by atoms with Gasteiger partial charge in [0.25, 0.3) is 0 Å². The number of nitro groups is 1. The largest absolute Gasteiger partial charge is 0.496 e. The monoisotopic (exact) mass is 515 g/mol. The van der Waals surface area contributed by atoms with Gasteiger partial charge in [0.05, 0.1) is 18.6 Å². The van der Waals surface area contributed by atoms with Crippen LogP contribution in [0.5, 0.6) is 5.75 Å². The zero-order valence-corrected chi connectivity index (χ0v) is 22.2. The second-order valence-corrected chi connectivity index (χ2v) is 10.8. The van der Waals surface area contributed by atoms with Crippen molar-refractivity contribution in [2.45, 2.75) is 65.5 Å². The maximum atomic E-state index is 15.6. The predicted octanol–water partition coefficient (Wildman–Crippen LogP) is 4.90. The molecule has 2 aromatic rings. The second-order valence-electron chi connectivity index (χ2n) is 10.8. The molecule has 1 atom stereocenters. The Morgan fingerprint density at radius 1 is 1.24 bits per heavy atom. The van der Waals surface area contributed by atoms with Crippen molar-refractivity contribution >= 4 is 17.6 Å². The Kier molecular flexibility index (Phi) is 7.36. The third-order valence-electron chi connectivity index (χ3n) is 6.99. The molecule has 4 heterocycles. The number of piperidine rings is 3. The third-order valence-corrected chi connectivity index (χ3v) is 6.99. The van der Waals surface area contributed by atoms with E-state index in [1.54, 1.807) is 33.8 Å². The third kappa shape index (κ3) is 5.66. The summed E-state index contributed by atoms with van der Waals surface area (Å²) in [6, 6.07) is 3.06. The first kappa shape index (κ1) is 26.7. The first-order chi connectivity index (χ1) is 17.4. The molecule has 1 unspecified atom stereocenters. The van der Waals surface area contributed by atoms with Crippen LogP contribution in [0.1, 0.15) is 62.2 Å². The van der Waals surface area contributed by atoms with Gasteiger partial charge in [-0.1, -0.05) is 0 Å². The highest BCUT2D eigenvalue weighted by Crippen LogP contribution is 2.43. The van der Waals surface area contributed by atoms with Crippen LogP contribution < -0.4 is 9.64 Å². The van der Waals surface area contributed by atoms with Gasteiger partial charge in [0.15, 0.2) is 0 Å². The van der Waals surface area contributed by atoms with Gasteiger partial charge >= 0.3 is 11.8 Å². The van der Waals surface area contributed by atoms with Crippen molar-refractivity contribution in [2.75, 3.05) is 31.6 Å². The lowest BCUT2D eigenvalue weighted by molar-refractivity contribution is -0.385. The number of carbonyl (C=O) groups excluding carboxylic acids is 1. The van der Waals surface area contributed by atoms with E-state index in [0.29, 0.717) is 11.7 Å². The van der Waals surface area contributed by atoms with Gasteiger partial charge in [0.1, 0.15) is 28.7 Å². The fourth-order valence-electron chi connectivity index (χ4n) is 5.32. The van der Waals surface area contributed by atoms with Crippen LogP contribution in [-0.2, 0) is 11.3 Å². The highest BCUT2D eigenvalue weighted by molar-refractivity contribution is 5.89. The summed E-state index contributed by atoms with van der Waals surface area (Å²) in [7, 11) is 1.54. The van der Waals surface area contributed by atoms with Crippen LogP contribution in [0.25, 0.3) is 0 Å². The molecule has 1 aromatic heterocycles. The Morgan fingerprint density at radius 3 is 2.46 bits per heavy atom. The molecule has 1 aromatic carbocycles. The number of ether oxygens (including phenoxy) is 2. The molecular formula is C26H34FN5O5. The SMILES string of the molecule is COc1cc(CN(C(=O)OC(C)(C)C)c2nc(C)nc(C)c2[N+](=O)[O-])c(F)cc1C1CN2CCC1CC2. The number of rotatable bonds is 6. The molecule has 2 bridgehead atoms. The lowest BCUT2D eigenvalue weighted by Crippen LogP contribution is -2.46. The van der Waals surface area contributed by atoms with Crippen LogP contribution >= 0.6 is 0 Å². The quantitative estimate of drug-likeness (QED) is 0.395. The summed E-state index contributed by atoms with van der Waals surface area (Å²) in [6.45, 7) is 10.7. The maximum Gasteiger partial charge on any atom is 0.416 e. The summed E-state index contributed by atoms with van der Waals surface area (Å²) in [5, 5.41) is 11.9. The second kappa shape index (κ2) is 10.2. The number of halogens is 1. The molecule has 11 heteroatoms. The van der Waals surface area contributed by atoms with Crippen molar-refractivity contribution in [3.63, 3.8) is 0 Å². The molecule has 3 aliphatic heterocycles.